The molecule has 0 saturated carbocycles. The van der Waals surface area contributed by atoms with Crippen LogP contribution in [0.2, 0.25) is 0 Å². The number of methoxy groups -OCH3 is 1. The van der Waals surface area contributed by atoms with Crippen molar-refractivity contribution < 1.29 is 19.1 Å². The van der Waals surface area contributed by atoms with Crippen molar-refractivity contribution in [1.82, 2.24) is 5.32 Å². The minimum atomic E-state index is -0.387. The van der Waals surface area contributed by atoms with Crippen molar-refractivity contribution in [1.29, 1.82) is 0 Å². The maximum atomic E-state index is 13.0. The van der Waals surface area contributed by atoms with E-state index in [0.717, 1.165) is 11.4 Å². The summed E-state index contributed by atoms with van der Waals surface area (Å²) in [4.78, 5) is 25.7. The van der Waals surface area contributed by atoms with Crippen LogP contribution < -0.4 is 26.0 Å². The summed E-state index contributed by atoms with van der Waals surface area (Å²) in [5, 5.41) is 11.9. The van der Waals surface area contributed by atoms with E-state index in [9.17, 15) is 9.59 Å². The van der Waals surface area contributed by atoms with E-state index in [4.69, 9.17) is 21.7 Å². The molecule has 8 nitrogen and oxygen atoms in total. The van der Waals surface area contributed by atoms with Crippen LogP contribution in [0.1, 0.15) is 20.7 Å². The normalized spacial score (nSPS) is 10.3. The average Bonchev–Trinajstić information content (AvgIpc) is 2.95. The summed E-state index contributed by atoms with van der Waals surface area (Å²) in [6.07, 6.45) is 0. The molecule has 4 N–H and O–H groups in total. The van der Waals surface area contributed by atoms with Gasteiger partial charge in [0.05, 0.1) is 17.9 Å². The molecule has 198 valence electrons. The van der Waals surface area contributed by atoms with Crippen LogP contribution in [-0.4, -0.2) is 37.3 Å². The number of para-hydroxylation sites is 2. The molecular formula is C30H28N4O4S. The Morgan fingerprint density at radius 2 is 1.33 bits per heavy atom. The third-order valence-corrected chi connectivity index (χ3v) is 5.73. The van der Waals surface area contributed by atoms with E-state index in [1.165, 1.54) is 0 Å². The number of hydrogen-bond donors (Lipinski definition) is 4. The Balaban J connectivity index is 1.33. The van der Waals surface area contributed by atoms with Gasteiger partial charge in [-0.1, -0.05) is 30.3 Å². The maximum absolute atomic E-state index is 13.0. The SMILES string of the molecule is COCCOc1ccc(C(=O)NC(=S)Nc2ccccc2C(=O)Nc2ccc(Nc3ccccc3)cc2)cc1. The quantitative estimate of drug-likeness (QED) is 0.148. The summed E-state index contributed by atoms with van der Waals surface area (Å²) >= 11 is 5.33. The largest absolute Gasteiger partial charge is 0.491 e. The summed E-state index contributed by atoms with van der Waals surface area (Å²) in [7, 11) is 1.60. The van der Waals surface area contributed by atoms with E-state index >= 15 is 0 Å². The summed E-state index contributed by atoms with van der Waals surface area (Å²) in [6.45, 7) is 0.889. The fourth-order valence-electron chi connectivity index (χ4n) is 3.59. The molecule has 4 aromatic rings. The topological polar surface area (TPSA) is 101 Å². The molecule has 39 heavy (non-hydrogen) atoms. The van der Waals surface area contributed by atoms with Gasteiger partial charge in [0.15, 0.2) is 5.11 Å². The van der Waals surface area contributed by atoms with Crippen molar-refractivity contribution in [2.75, 3.05) is 36.3 Å². The Hall–Kier alpha value is -4.73. The standard InChI is InChI=1S/C30H28N4O4S/c1-37-19-20-38-25-17-11-21(12-18-25)28(35)34-30(39)33-27-10-6-5-9-26(27)29(36)32-24-15-13-23(14-16-24)31-22-7-3-2-4-8-22/h2-18,31H,19-20H2,1H3,(H,32,36)(H2,33,34,35,39). The predicted octanol–water partition coefficient (Wildman–Crippen LogP) is 5.83. The Kier molecular flexibility index (Phi) is 9.60. The van der Waals surface area contributed by atoms with Gasteiger partial charge in [0, 0.05) is 29.7 Å². The second kappa shape index (κ2) is 13.7. The van der Waals surface area contributed by atoms with E-state index in [1.807, 2.05) is 54.6 Å². The van der Waals surface area contributed by atoms with Crippen molar-refractivity contribution >= 4 is 51.9 Å². The highest BCUT2D eigenvalue weighted by atomic mass is 32.1. The zero-order chi connectivity index (χ0) is 27.5. The fraction of sp³-hybridized carbons (Fsp3) is 0.100. The van der Waals surface area contributed by atoms with E-state index in [-0.39, 0.29) is 16.9 Å². The predicted molar refractivity (Wildman–Crippen MR) is 158 cm³/mol. The van der Waals surface area contributed by atoms with Crippen LogP contribution in [0.4, 0.5) is 22.7 Å². The van der Waals surface area contributed by atoms with Crippen molar-refractivity contribution in [2.45, 2.75) is 0 Å². The highest BCUT2D eigenvalue weighted by Crippen LogP contribution is 2.21. The highest BCUT2D eigenvalue weighted by Gasteiger charge is 2.14. The fourth-order valence-corrected chi connectivity index (χ4v) is 3.79. The lowest BCUT2D eigenvalue weighted by atomic mass is 10.1. The minimum Gasteiger partial charge on any atom is -0.491 e. The number of anilines is 4. The summed E-state index contributed by atoms with van der Waals surface area (Å²) in [5.41, 5.74) is 3.76. The second-order valence-electron chi connectivity index (χ2n) is 8.34. The molecule has 0 saturated heterocycles. The zero-order valence-corrected chi connectivity index (χ0v) is 22.1. The van der Waals surface area contributed by atoms with Crippen LogP contribution in [0.15, 0.2) is 103 Å². The summed E-state index contributed by atoms with van der Waals surface area (Å²) in [5.74, 6) is -0.0755. The van der Waals surface area contributed by atoms with Gasteiger partial charge in [0.2, 0.25) is 0 Å². The molecule has 0 bridgehead atoms. The number of carbonyl (C=O) groups excluding carboxylic acids is 2. The van der Waals surface area contributed by atoms with E-state index in [0.29, 0.717) is 41.5 Å². The Bertz CT molecular complexity index is 1410. The molecule has 0 aliphatic carbocycles. The molecule has 2 amide bonds. The van der Waals surface area contributed by atoms with Crippen LogP contribution in [-0.2, 0) is 4.74 Å². The first kappa shape index (κ1) is 27.3. The van der Waals surface area contributed by atoms with Crippen LogP contribution in [0.3, 0.4) is 0 Å². The molecule has 0 radical (unpaired) electrons. The molecule has 0 atom stereocenters. The van der Waals surface area contributed by atoms with Gasteiger partial charge in [-0.3, -0.25) is 14.9 Å². The number of benzene rings is 4. The first-order valence-electron chi connectivity index (χ1n) is 12.2. The molecule has 0 heterocycles. The van der Waals surface area contributed by atoms with Crippen LogP contribution >= 0.6 is 12.2 Å². The Morgan fingerprint density at radius 1 is 0.692 bits per heavy atom. The van der Waals surface area contributed by atoms with Crippen molar-refractivity contribution in [3.8, 4) is 5.75 Å². The number of hydrogen-bond acceptors (Lipinski definition) is 6. The Morgan fingerprint density at radius 3 is 2.05 bits per heavy atom. The summed E-state index contributed by atoms with van der Waals surface area (Å²) < 4.78 is 10.5. The van der Waals surface area contributed by atoms with E-state index < -0.39 is 0 Å². The third-order valence-electron chi connectivity index (χ3n) is 5.52. The van der Waals surface area contributed by atoms with Gasteiger partial charge in [-0.15, -0.1) is 0 Å². The van der Waals surface area contributed by atoms with Crippen molar-refractivity contribution in [2.24, 2.45) is 0 Å². The number of nitrogens with one attached hydrogen (secondary N) is 4. The van der Waals surface area contributed by atoms with Gasteiger partial charge in [-0.05, 0) is 85.0 Å². The van der Waals surface area contributed by atoms with Gasteiger partial charge in [-0.2, -0.15) is 0 Å². The maximum Gasteiger partial charge on any atom is 0.257 e. The van der Waals surface area contributed by atoms with Gasteiger partial charge in [0.25, 0.3) is 11.8 Å². The average molecular weight is 541 g/mol. The molecule has 4 aromatic carbocycles. The monoisotopic (exact) mass is 540 g/mol. The third kappa shape index (κ3) is 8.13. The molecule has 0 spiro atoms. The number of rotatable bonds is 10. The van der Waals surface area contributed by atoms with Crippen LogP contribution in [0.5, 0.6) is 5.75 Å². The molecule has 0 aliphatic heterocycles. The lowest BCUT2D eigenvalue weighted by Crippen LogP contribution is -2.34. The molecule has 9 heteroatoms. The lowest BCUT2D eigenvalue weighted by Gasteiger charge is -2.14. The van der Waals surface area contributed by atoms with Gasteiger partial charge < -0.3 is 25.4 Å². The number of amides is 2. The minimum absolute atomic E-state index is 0.0667. The van der Waals surface area contributed by atoms with E-state index in [1.54, 1.807) is 55.6 Å². The molecule has 0 aromatic heterocycles. The second-order valence-corrected chi connectivity index (χ2v) is 8.75. The van der Waals surface area contributed by atoms with Crippen molar-refractivity contribution in [3.63, 3.8) is 0 Å². The van der Waals surface area contributed by atoms with E-state index in [2.05, 4.69) is 21.3 Å². The molecule has 0 unspecified atom stereocenters. The molecular weight excluding hydrogens is 512 g/mol. The number of thiocarbonyl (C=S) groups is 1. The van der Waals surface area contributed by atoms with Crippen molar-refractivity contribution in [3.05, 3.63) is 114 Å². The highest BCUT2D eigenvalue weighted by molar-refractivity contribution is 7.80. The lowest BCUT2D eigenvalue weighted by molar-refractivity contribution is 0.0976. The molecule has 0 fully saturated rings. The van der Waals surface area contributed by atoms with Crippen LogP contribution in [0, 0.1) is 0 Å². The number of carbonyl (C=O) groups is 2. The first-order chi connectivity index (χ1) is 19.0. The van der Waals surface area contributed by atoms with Gasteiger partial charge >= 0.3 is 0 Å². The molecule has 4 rings (SSSR count). The zero-order valence-electron chi connectivity index (χ0n) is 21.3. The first-order valence-corrected chi connectivity index (χ1v) is 12.6. The number of ether oxygens (including phenoxy) is 2. The van der Waals surface area contributed by atoms with Crippen LogP contribution in [0.25, 0.3) is 0 Å². The van der Waals surface area contributed by atoms with Gasteiger partial charge in [-0.25, -0.2) is 0 Å². The smallest absolute Gasteiger partial charge is 0.257 e. The summed E-state index contributed by atoms with van der Waals surface area (Å²) in [6, 6.07) is 30.8. The molecule has 0 aliphatic rings. The van der Waals surface area contributed by atoms with Gasteiger partial charge in [0.1, 0.15) is 12.4 Å². The Labute approximate surface area is 232 Å².